The maximum atomic E-state index is 10.2. The number of nitrogens with zero attached hydrogens (tertiary/aromatic N) is 7. The first-order chi connectivity index (χ1) is 22.1. The summed E-state index contributed by atoms with van der Waals surface area (Å²) >= 11 is 7.87. The SMILES string of the molecule is Cn1ccnc1SN(c1cccc(Cl)c1)c1c(C#N)cnc2cc(-c3ccc(CN4CCC(N5CCCC5)CC4)cc3)ccc12. The molecule has 0 bridgehead atoms. The molecule has 0 saturated carbocycles. The minimum atomic E-state index is 0.478. The van der Waals surface area contributed by atoms with Crippen LogP contribution in [0.2, 0.25) is 5.02 Å². The Morgan fingerprint density at radius 2 is 1.73 bits per heavy atom. The predicted octanol–water partition coefficient (Wildman–Crippen LogP) is 8.07. The number of nitriles is 1. The molecule has 9 heteroatoms. The number of anilines is 2. The summed E-state index contributed by atoms with van der Waals surface area (Å²) in [5, 5.41) is 12.5. The Morgan fingerprint density at radius 1 is 0.956 bits per heavy atom. The lowest BCUT2D eigenvalue weighted by Gasteiger charge is -2.36. The van der Waals surface area contributed by atoms with E-state index in [2.05, 4.69) is 63.3 Å². The first-order valence-corrected chi connectivity index (χ1v) is 16.8. The second-order valence-electron chi connectivity index (χ2n) is 12.0. The lowest BCUT2D eigenvalue weighted by atomic mass is 10.00. The summed E-state index contributed by atoms with van der Waals surface area (Å²) < 4.78 is 3.98. The molecule has 2 aliphatic rings. The minimum Gasteiger partial charge on any atom is -0.328 e. The molecule has 0 radical (unpaired) electrons. The summed E-state index contributed by atoms with van der Waals surface area (Å²) in [7, 11) is 1.95. The van der Waals surface area contributed by atoms with Gasteiger partial charge in [-0.3, -0.25) is 14.2 Å². The molecule has 0 spiro atoms. The number of likely N-dealkylation sites (tertiary alicyclic amines) is 2. The zero-order chi connectivity index (χ0) is 30.8. The van der Waals surface area contributed by atoms with E-state index in [1.165, 1.54) is 69.4 Å². The number of halogens is 1. The second-order valence-corrected chi connectivity index (χ2v) is 13.3. The van der Waals surface area contributed by atoms with Gasteiger partial charge in [0.1, 0.15) is 6.07 Å². The molecule has 2 aliphatic heterocycles. The Morgan fingerprint density at radius 3 is 2.44 bits per heavy atom. The molecule has 0 atom stereocenters. The molecule has 45 heavy (non-hydrogen) atoms. The average Bonchev–Trinajstić information content (AvgIpc) is 3.76. The Kier molecular flexibility index (Phi) is 8.77. The third-order valence-electron chi connectivity index (χ3n) is 9.06. The number of fused-ring (bicyclic) bond motifs is 1. The van der Waals surface area contributed by atoms with Gasteiger partial charge in [-0.2, -0.15) is 5.26 Å². The van der Waals surface area contributed by atoms with E-state index in [9.17, 15) is 5.26 Å². The van der Waals surface area contributed by atoms with Crippen molar-refractivity contribution in [2.75, 3.05) is 30.5 Å². The largest absolute Gasteiger partial charge is 0.328 e. The van der Waals surface area contributed by atoms with Crippen molar-refractivity contribution < 1.29 is 0 Å². The van der Waals surface area contributed by atoms with E-state index in [1.807, 2.05) is 46.4 Å². The van der Waals surface area contributed by atoms with Gasteiger partial charge in [0.15, 0.2) is 5.16 Å². The summed E-state index contributed by atoms with van der Waals surface area (Å²) in [6, 6.07) is 26.0. The highest BCUT2D eigenvalue weighted by atomic mass is 35.5. The Balaban J connectivity index is 1.14. The molecule has 2 saturated heterocycles. The molecule has 0 N–H and O–H groups in total. The van der Waals surface area contributed by atoms with E-state index in [0.29, 0.717) is 10.6 Å². The molecule has 0 aliphatic carbocycles. The lowest BCUT2D eigenvalue weighted by molar-refractivity contribution is 0.122. The van der Waals surface area contributed by atoms with Crippen molar-refractivity contribution in [3.05, 3.63) is 101 Å². The van der Waals surface area contributed by atoms with Crippen molar-refractivity contribution in [3.63, 3.8) is 0 Å². The highest BCUT2D eigenvalue weighted by molar-refractivity contribution is 8.00. The number of benzene rings is 3. The average molecular weight is 634 g/mol. The van der Waals surface area contributed by atoms with Gasteiger partial charge in [0, 0.05) is 60.6 Å². The van der Waals surface area contributed by atoms with Crippen LogP contribution in [-0.4, -0.2) is 56.6 Å². The maximum absolute atomic E-state index is 10.2. The van der Waals surface area contributed by atoms with E-state index < -0.39 is 0 Å². The van der Waals surface area contributed by atoms with Gasteiger partial charge in [0.05, 0.1) is 22.5 Å². The predicted molar refractivity (Wildman–Crippen MR) is 184 cm³/mol. The van der Waals surface area contributed by atoms with Gasteiger partial charge in [-0.15, -0.1) is 0 Å². The number of hydrogen-bond donors (Lipinski definition) is 0. The minimum absolute atomic E-state index is 0.478. The molecule has 5 aromatic rings. The van der Waals surface area contributed by atoms with Gasteiger partial charge in [-0.1, -0.05) is 54.1 Å². The van der Waals surface area contributed by atoms with Crippen LogP contribution in [0.1, 0.15) is 36.8 Å². The zero-order valence-electron chi connectivity index (χ0n) is 25.4. The van der Waals surface area contributed by atoms with Crippen molar-refractivity contribution in [2.24, 2.45) is 7.05 Å². The summed E-state index contributed by atoms with van der Waals surface area (Å²) in [5.74, 6) is 0. The molecule has 0 unspecified atom stereocenters. The number of pyridine rings is 1. The summed E-state index contributed by atoms with van der Waals surface area (Å²) in [6.07, 6.45) is 10.6. The van der Waals surface area contributed by atoms with E-state index in [4.69, 9.17) is 16.6 Å². The molecule has 228 valence electrons. The fourth-order valence-electron chi connectivity index (χ4n) is 6.62. The quantitative estimate of drug-likeness (QED) is 0.160. The third kappa shape index (κ3) is 6.45. The first-order valence-electron chi connectivity index (χ1n) is 15.7. The van der Waals surface area contributed by atoms with Gasteiger partial charge >= 0.3 is 0 Å². The number of hydrogen-bond acceptors (Lipinski definition) is 7. The first kappa shape index (κ1) is 29.8. The van der Waals surface area contributed by atoms with Crippen LogP contribution >= 0.6 is 23.5 Å². The molecule has 7 nitrogen and oxygen atoms in total. The normalized spacial score (nSPS) is 16.3. The van der Waals surface area contributed by atoms with E-state index in [0.717, 1.165) is 51.1 Å². The van der Waals surface area contributed by atoms with Crippen LogP contribution in [0.5, 0.6) is 0 Å². The summed E-state index contributed by atoms with van der Waals surface area (Å²) in [4.78, 5) is 14.6. The van der Waals surface area contributed by atoms with Crippen molar-refractivity contribution in [1.82, 2.24) is 24.3 Å². The smallest absolute Gasteiger partial charge is 0.189 e. The van der Waals surface area contributed by atoms with Gasteiger partial charge in [0.25, 0.3) is 0 Å². The van der Waals surface area contributed by atoms with Crippen LogP contribution in [0.4, 0.5) is 11.4 Å². The van der Waals surface area contributed by atoms with Crippen LogP contribution < -0.4 is 4.31 Å². The molecular weight excluding hydrogens is 598 g/mol. The number of aromatic nitrogens is 3. The topological polar surface area (TPSA) is 64.2 Å². The Bertz CT molecular complexity index is 1830. The Hall–Kier alpha value is -3.87. The molecule has 7 rings (SSSR count). The maximum Gasteiger partial charge on any atom is 0.189 e. The van der Waals surface area contributed by atoms with Crippen LogP contribution in [0.15, 0.2) is 90.5 Å². The van der Waals surface area contributed by atoms with Crippen molar-refractivity contribution in [3.8, 4) is 17.2 Å². The highest BCUT2D eigenvalue weighted by Gasteiger charge is 2.26. The number of imidazole rings is 1. The monoisotopic (exact) mass is 633 g/mol. The van der Waals surface area contributed by atoms with Crippen molar-refractivity contribution in [2.45, 2.75) is 43.4 Å². The molecule has 4 heterocycles. The molecular formula is C36H36ClN7S. The second kappa shape index (κ2) is 13.2. The van der Waals surface area contributed by atoms with Crippen molar-refractivity contribution in [1.29, 1.82) is 5.26 Å². The molecule has 2 fully saturated rings. The Labute approximate surface area is 274 Å². The van der Waals surface area contributed by atoms with Gasteiger partial charge in [0.2, 0.25) is 0 Å². The standard InChI is InChI=1S/C36H36ClN7S/c1-41-20-15-39-36(41)45-44(32-6-4-5-30(37)22-32)35-29(23-38)24-40-34-21-28(11-12-33(34)35)27-9-7-26(8-10-27)25-42-18-13-31(14-19-42)43-16-2-3-17-43/h4-12,15,20-22,24,31H,2-3,13-14,16-19,25H2,1H3. The van der Waals surface area contributed by atoms with E-state index in [1.54, 1.807) is 12.4 Å². The number of rotatable bonds is 8. The summed E-state index contributed by atoms with van der Waals surface area (Å²) in [6.45, 7) is 5.94. The third-order valence-corrected chi connectivity index (χ3v) is 10.4. The molecule has 0 amide bonds. The van der Waals surface area contributed by atoms with Crippen LogP contribution in [0.3, 0.4) is 0 Å². The summed E-state index contributed by atoms with van der Waals surface area (Å²) in [5.41, 5.74) is 6.49. The zero-order valence-corrected chi connectivity index (χ0v) is 27.0. The van der Waals surface area contributed by atoms with Crippen LogP contribution in [-0.2, 0) is 13.6 Å². The van der Waals surface area contributed by atoms with Crippen LogP contribution in [0, 0.1) is 11.3 Å². The lowest BCUT2D eigenvalue weighted by Crippen LogP contribution is -2.43. The number of piperidine rings is 1. The van der Waals surface area contributed by atoms with Gasteiger partial charge < -0.3 is 9.47 Å². The molecule has 3 aromatic carbocycles. The van der Waals surface area contributed by atoms with Gasteiger partial charge in [-0.05, 0) is 92.8 Å². The number of aryl methyl sites for hydroxylation is 1. The highest BCUT2D eigenvalue weighted by Crippen LogP contribution is 2.43. The van der Waals surface area contributed by atoms with Crippen molar-refractivity contribution >= 4 is 45.8 Å². The van der Waals surface area contributed by atoms with Crippen LogP contribution in [0.25, 0.3) is 22.0 Å². The van der Waals surface area contributed by atoms with E-state index >= 15 is 0 Å². The van der Waals surface area contributed by atoms with Gasteiger partial charge in [-0.25, -0.2) is 4.98 Å². The molecule has 2 aromatic heterocycles. The fourth-order valence-corrected chi connectivity index (χ4v) is 7.77. The fraction of sp³-hybridized carbons (Fsp3) is 0.306. The van der Waals surface area contributed by atoms with E-state index in [-0.39, 0.29) is 0 Å².